The zero-order valence-corrected chi connectivity index (χ0v) is 8.90. The second-order valence-corrected chi connectivity index (χ2v) is 3.47. The van der Waals surface area contributed by atoms with Gasteiger partial charge < -0.3 is 9.84 Å². The Hall–Kier alpha value is -1.10. The number of carboxylic acid groups (broad SMARTS) is 1. The van der Waals surface area contributed by atoms with Crippen molar-refractivity contribution in [2.24, 2.45) is 5.92 Å². The minimum absolute atomic E-state index is 0.00995. The molecule has 0 spiro atoms. The lowest BCUT2D eigenvalue weighted by Crippen LogP contribution is -2.48. The highest BCUT2D eigenvalue weighted by Crippen LogP contribution is 2.04. The molecule has 5 heteroatoms. The second-order valence-electron chi connectivity index (χ2n) is 3.47. The fraction of sp³-hybridized carbons (Fsp3) is 0.778. The van der Waals surface area contributed by atoms with Crippen LogP contribution in [-0.4, -0.2) is 36.2 Å². The first-order valence-corrected chi connectivity index (χ1v) is 4.46. The van der Waals surface area contributed by atoms with Crippen LogP contribution in [0.4, 0.5) is 0 Å². The van der Waals surface area contributed by atoms with Crippen LogP contribution in [0.2, 0.25) is 0 Å². The summed E-state index contributed by atoms with van der Waals surface area (Å²) < 4.78 is 4.56. The van der Waals surface area contributed by atoms with Gasteiger partial charge in [0.15, 0.2) is 0 Å². The standard InChI is InChI=1S/C9H17NO4/c1-5(2)7(9(13)14-4)10-6(3)8(11)12/h5-7,10H,1-4H3,(H,11,12). The van der Waals surface area contributed by atoms with E-state index in [0.29, 0.717) is 0 Å². The molecule has 0 heterocycles. The highest BCUT2D eigenvalue weighted by atomic mass is 16.5. The summed E-state index contributed by atoms with van der Waals surface area (Å²) in [5.41, 5.74) is 0. The van der Waals surface area contributed by atoms with E-state index in [2.05, 4.69) is 10.1 Å². The fourth-order valence-electron chi connectivity index (χ4n) is 1.00. The Morgan fingerprint density at radius 3 is 2.07 bits per heavy atom. The van der Waals surface area contributed by atoms with Gasteiger partial charge in [-0.3, -0.25) is 14.9 Å². The molecule has 0 saturated carbocycles. The SMILES string of the molecule is COC(=O)C(NC(C)C(=O)O)C(C)C. The van der Waals surface area contributed by atoms with Crippen LogP contribution in [-0.2, 0) is 14.3 Å². The molecule has 0 fully saturated rings. The molecule has 0 aliphatic rings. The molecule has 2 N–H and O–H groups in total. The number of hydrogen-bond acceptors (Lipinski definition) is 4. The molecule has 0 rings (SSSR count). The van der Waals surface area contributed by atoms with Gasteiger partial charge in [-0.1, -0.05) is 13.8 Å². The van der Waals surface area contributed by atoms with Gasteiger partial charge in [-0.2, -0.15) is 0 Å². The van der Waals surface area contributed by atoms with Crippen molar-refractivity contribution in [1.82, 2.24) is 5.32 Å². The van der Waals surface area contributed by atoms with Crippen LogP contribution in [0.5, 0.6) is 0 Å². The Labute approximate surface area is 83.4 Å². The summed E-state index contributed by atoms with van der Waals surface area (Å²) >= 11 is 0. The molecule has 14 heavy (non-hydrogen) atoms. The highest BCUT2D eigenvalue weighted by molar-refractivity contribution is 5.78. The Balaban J connectivity index is 4.38. The molecule has 0 aliphatic heterocycles. The number of hydrogen-bond donors (Lipinski definition) is 2. The van der Waals surface area contributed by atoms with Crippen LogP contribution in [0.1, 0.15) is 20.8 Å². The Morgan fingerprint density at radius 1 is 1.29 bits per heavy atom. The summed E-state index contributed by atoms with van der Waals surface area (Å²) in [4.78, 5) is 21.8. The lowest BCUT2D eigenvalue weighted by Gasteiger charge is -2.21. The Bertz CT molecular complexity index is 215. The third-order valence-electron chi connectivity index (χ3n) is 1.92. The minimum atomic E-state index is -0.987. The van der Waals surface area contributed by atoms with E-state index in [0.717, 1.165) is 0 Å². The number of carboxylic acids is 1. The first kappa shape index (κ1) is 12.9. The largest absolute Gasteiger partial charge is 0.480 e. The molecule has 2 atom stereocenters. The maximum Gasteiger partial charge on any atom is 0.323 e. The molecule has 5 nitrogen and oxygen atoms in total. The molecular weight excluding hydrogens is 186 g/mol. The van der Waals surface area contributed by atoms with Crippen LogP contribution in [0, 0.1) is 5.92 Å². The zero-order chi connectivity index (χ0) is 11.3. The van der Waals surface area contributed by atoms with Crippen LogP contribution in [0.25, 0.3) is 0 Å². The van der Waals surface area contributed by atoms with E-state index in [1.54, 1.807) is 0 Å². The van der Waals surface area contributed by atoms with E-state index in [1.807, 2.05) is 13.8 Å². The molecule has 0 aliphatic carbocycles. The summed E-state index contributed by atoms with van der Waals surface area (Å²) in [5, 5.41) is 11.3. The van der Waals surface area contributed by atoms with Crippen molar-refractivity contribution in [2.75, 3.05) is 7.11 Å². The number of carbonyl (C=O) groups is 2. The normalized spacial score (nSPS) is 14.9. The second kappa shape index (κ2) is 5.59. The molecule has 0 aromatic heterocycles. The number of ether oxygens (including phenoxy) is 1. The van der Waals surface area contributed by atoms with Crippen molar-refractivity contribution in [3.8, 4) is 0 Å². The molecule has 0 bridgehead atoms. The van der Waals surface area contributed by atoms with E-state index < -0.39 is 24.0 Å². The monoisotopic (exact) mass is 203 g/mol. The van der Waals surface area contributed by atoms with Crippen molar-refractivity contribution < 1.29 is 19.4 Å². The van der Waals surface area contributed by atoms with Crippen molar-refractivity contribution in [1.29, 1.82) is 0 Å². The molecule has 0 aromatic carbocycles. The number of nitrogens with one attached hydrogen (secondary N) is 1. The summed E-state index contributed by atoms with van der Waals surface area (Å²) in [5.74, 6) is -1.43. The smallest absolute Gasteiger partial charge is 0.323 e. The molecule has 0 radical (unpaired) electrons. The maximum absolute atomic E-state index is 11.2. The fourth-order valence-corrected chi connectivity index (χ4v) is 1.00. The van der Waals surface area contributed by atoms with Gasteiger partial charge in [0.1, 0.15) is 12.1 Å². The first-order valence-electron chi connectivity index (χ1n) is 4.46. The number of carbonyl (C=O) groups excluding carboxylic acids is 1. The van der Waals surface area contributed by atoms with E-state index in [1.165, 1.54) is 14.0 Å². The minimum Gasteiger partial charge on any atom is -0.480 e. The van der Waals surface area contributed by atoms with E-state index in [9.17, 15) is 9.59 Å². The van der Waals surface area contributed by atoms with Crippen molar-refractivity contribution in [3.05, 3.63) is 0 Å². The molecule has 0 saturated heterocycles. The Morgan fingerprint density at radius 2 is 1.79 bits per heavy atom. The maximum atomic E-state index is 11.2. The predicted octanol–water partition coefficient (Wildman–Crippen LogP) is 0.247. The van der Waals surface area contributed by atoms with Gasteiger partial charge in [-0.05, 0) is 12.8 Å². The third kappa shape index (κ3) is 3.74. The number of methoxy groups -OCH3 is 1. The summed E-state index contributed by atoms with van der Waals surface area (Å²) in [6.45, 7) is 5.13. The molecule has 0 amide bonds. The lowest BCUT2D eigenvalue weighted by molar-refractivity contribution is -0.145. The van der Waals surface area contributed by atoms with Gasteiger partial charge in [-0.15, -0.1) is 0 Å². The van der Waals surface area contributed by atoms with Crippen LogP contribution < -0.4 is 5.32 Å². The first-order chi connectivity index (χ1) is 6.40. The lowest BCUT2D eigenvalue weighted by atomic mass is 10.0. The van der Waals surface area contributed by atoms with Crippen molar-refractivity contribution in [3.63, 3.8) is 0 Å². The number of esters is 1. The predicted molar refractivity (Wildman–Crippen MR) is 50.9 cm³/mol. The van der Waals surface area contributed by atoms with Gasteiger partial charge in [0.05, 0.1) is 7.11 Å². The third-order valence-corrected chi connectivity index (χ3v) is 1.92. The molecular formula is C9H17NO4. The topological polar surface area (TPSA) is 75.6 Å². The quantitative estimate of drug-likeness (QED) is 0.626. The van der Waals surface area contributed by atoms with Gasteiger partial charge in [0, 0.05) is 0 Å². The van der Waals surface area contributed by atoms with Gasteiger partial charge in [-0.25, -0.2) is 0 Å². The zero-order valence-electron chi connectivity index (χ0n) is 8.90. The van der Waals surface area contributed by atoms with Gasteiger partial charge in [0.25, 0.3) is 0 Å². The molecule has 82 valence electrons. The van der Waals surface area contributed by atoms with Gasteiger partial charge in [0.2, 0.25) is 0 Å². The number of aliphatic carboxylic acids is 1. The van der Waals surface area contributed by atoms with Crippen molar-refractivity contribution in [2.45, 2.75) is 32.9 Å². The molecule has 0 aromatic rings. The summed E-state index contributed by atoms with van der Waals surface area (Å²) in [6, 6.07) is -1.34. The van der Waals surface area contributed by atoms with E-state index >= 15 is 0 Å². The highest BCUT2D eigenvalue weighted by Gasteiger charge is 2.26. The molecule has 2 unspecified atom stereocenters. The van der Waals surface area contributed by atoms with E-state index in [-0.39, 0.29) is 5.92 Å². The van der Waals surface area contributed by atoms with Crippen LogP contribution >= 0.6 is 0 Å². The Kier molecular flexibility index (Phi) is 5.15. The van der Waals surface area contributed by atoms with Gasteiger partial charge >= 0.3 is 11.9 Å². The number of rotatable bonds is 5. The summed E-state index contributed by atoms with van der Waals surface area (Å²) in [6.07, 6.45) is 0. The van der Waals surface area contributed by atoms with Crippen molar-refractivity contribution >= 4 is 11.9 Å². The van der Waals surface area contributed by atoms with Crippen LogP contribution in [0.15, 0.2) is 0 Å². The van der Waals surface area contributed by atoms with Crippen LogP contribution in [0.3, 0.4) is 0 Å². The summed E-state index contributed by atoms with van der Waals surface area (Å²) in [7, 11) is 1.28. The van der Waals surface area contributed by atoms with E-state index in [4.69, 9.17) is 5.11 Å². The average Bonchev–Trinajstić information content (AvgIpc) is 2.11. The average molecular weight is 203 g/mol.